The predicted molar refractivity (Wildman–Crippen MR) is 70.4 cm³/mol. The second-order valence-corrected chi connectivity index (χ2v) is 4.58. The number of carbonyl (C=O) groups is 1. The van der Waals surface area contributed by atoms with E-state index in [0.717, 1.165) is 18.5 Å². The van der Waals surface area contributed by atoms with Crippen molar-refractivity contribution in [2.75, 3.05) is 0 Å². The average Bonchev–Trinajstić information content (AvgIpc) is 2.86. The van der Waals surface area contributed by atoms with Gasteiger partial charge in [0.2, 0.25) is 0 Å². The van der Waals surface area contributed by atoms with E-state index >= 15 is 0 Å². The number of benzene rings is 2. The van der Waals surface area contributed by atoms with Crippen LogP contribution < -0.4 is 4.74 Å². The fraction of sp³-hybridized carbons (Fsp3) is 0.188. The van der Waals surface area contributed by atoms with Gasteiger partial charge in [-0.1, -0.05) is 18.2 Å². The van der Waals surface area contributed by atoms with Crippen molar-refractivity contribution in [3.8, 4) is 11.5 Å². The van der Waals surface area contributed by atoms with E-state index in [4.69, 9.17) is 4.74 Å². The van der Waals surface area contributed by atoms with Crippen LogP contribution in [0, 0.1) is 0 Å². The molecule has 0 aromatic heterocycles. The minimum atomic E-state index is 0.633. The second-order valence-electron chi connectivity index (χ2n) is 4.58. The number of hydrogen-bond acceptors (Lipinski definition) is 2. The summed E-state index contributed by atoms with van der Waals surface area (Å²) in [6.45, 7) is 0. The molecule has 2 nitrogen and oxygen atoms in total. The molecule has 18 heavy (non-hydrogen) atoms. The molecule has 0 unspecified atom stereocenters. The van der Waals surface area contributed by atoms with Crippen LogP contribution >= 0.6 is 0 Å². The Kier molecular flexibility index (Phi) is 2.85. The molecule has 2 aromatic carbocycles. The van der Waals surface area contributed by atoms with Gasteiger partial charge in [-0.2, -0.15) is 0 Å². The molecule has 90 valence electrons. The Morgan fingerprint density at radius 3 is 2.67 bits per heavy atom. The van der Waals surface area contributed by atoms with Crippen LogP contribution in [0.5, 0.6) is 11.5 Å². The summed E-state index contributed by atoms with van der Waals surface area (Å²) in [5, 5.41) is 0. The molecule has 1 aliphatic carbocycles. The molecule has 1 aliphatic rings. The maximum atomic E-state index is 10.7. The van der Waals surface area contributed by atoms with Crippen molar-refractivity contribution in [1.82, 2.24) is 0 Å². The zero-order valence-electron chi connectivity index (χ0n) is 10.1. The van der Waals surface area contributed by atoms with E-state index in [1.807, 2.05) is 18.2 Å². The number of carbonyl (C=O) groups excluding carboxylic acids is 1. The maximum absolute atomic E-state index is 10.7. The second kappa shape index (κ2) is 4.65. The van der Waals surface area contributed by atoms with E-state index in [0.29, 0.717) is 11.3 Å². The Hall–Kier alpha value is -2.09. The highest BCUT2D eigenvalue weighted by atomic mass is 16.5. The van der Waals surface area contributed by atoms with Gasteiger partial charge < -0.3 is 4.74 Å². The third kappa shape index (κ3) is 2.14. The van der Waals surface area contributed by atoms with Crippen LogP contribution in [0.15, 0.2) is 42.5 Å². The van der Waals surface area contributed by atoms with Crippen LogP contribution in [0.3, 0.4) is 0 Å². The number of hydrogen-bond donors (Lipinski definition) is 0. The van der Waals surface area contributed by atoms with Gasteiger partial charge in [-0.3, -0.25) is 4.79 Å². The summed E-state index contributed by atoms with van der Waals surface area (Å²) in [5.41, 5.74) is 3.46. The van der Waals surface area contributed by atoms with E-state index in [9.17, 15) is 4.79 Å². The number of ether oxygens (including phenoxy) is 1. The molecule has 0 atom stereocenters. The van der Waals surface area contributed by atoms with E-state index in [-0.39, 0.29) is 0 Å². The molecule has 0 saturated carbocycles. The van der Waals surface area contributed by atoms with Gasteiger partial charge in [-0.25, -0.2) is 0 Å². The van der Waals surface area contributed by atoms with Crippen molar-refractivity contribution in [2.24, 2.45) is 0 Å². The van der Waals surface area contributed by atoms with Crippen molar-refractivity contribution in [3.05, 3.63) is 59.2 Å². The van der Waals surface area contributed by atoms with Crippen molar-refractivity contribution in [2.45, 2.75) is 19.3 Å². The Labute approximate surface area is 106 Å². The highest BCUT2D eigenvalue weighted by Crippen LogP contribution is 2.29. The summed E-state index contributed by atoms with van der Waals surface area (Å²) in [5.74, 6) is 1.55. The summed E-state index contributed by atoms with van der Waals surface area (Å²) in [6.07, 6.45) is 4.38. The Balaban J connectivity index is 1.85. The standard InChI is InChI=1S/C16H14O2/c17-11-12-3-1-6-15(9-12)18-16-8-7-13-4-2-5-14(13)10-16/h1,3,6-11H,2,4-5H2. The molecule has 0 radical (unpaired) electrons. The molecule has 0 saturated heterocycles. The molecule has 0 fully saturated rings. The summed E-state index contributed by atoms with van der Waals surface area (Å²) in [7, 11) is 0. The first-order valence-corrected chi connectivity index (χ1v) is 6.20. The summed E-state index contributed by atoms with van der Waals surface area (Å²) >= 11 is 0. The summed E-state index contributed by atoms with van der Waals surface area (Å²) in [4.78, 5) is 10.7. The lowest BCUT2D eigenvalue weighted by Crippen LogP contribution is -1.88. The third-order valence-corrected chi connectivity index (χ3v) is 3.30. The quantitative estimate of drug-likeness (QED) is 0.761. The van der Waals surface area contributed by atoms with E-state index in [1.54, 1.807) is 12.1 Å². The SMILES string of the molecule is O=Cc1cccc(Oc2ccc3c(c2)CCC3)c1. The van der Waals surface area contributed by atoms with Crippen LogP contribution in [0.4, 0.5) is 0 Å². The van der Waals surface area contributed by atoms with Gasteiger partial charge in [0, 0.05) is 5.56 Å². The molecular weight excluding hydrogens is 224 g/mol. The normalized spacial score (nSPS) is 13.1. The topological polar surface area (TPSA) is 26.3 Å². The molecular formula is C16H14O2. The number of aryl methyl sites for hydroxylation is 2. The molecule has 0 spiro atoms. The number of aldehydes is 1. The number of fused-ring (bicyclic) bond motifs is 1. The largest absolute Gasteiger partial charge is 0.457 e. The van der Waals surface area contributed by atoms with E-state index in [1.165, 1.54) is 24.0 Å². The fourth-order valence-corrected chi connectivity index (χ4v) is 2.40. The molecule has 2 aromatic rings. The van der Waals surface area contributed by atoms with Crippen LogP contribution in [0.1, 0.15) is 27.9 Å². The average molecular weight is 238 g/mol. The maximum Gasteiger partial charge on any atom is 0.150 e. The van der Waals surface area contributed by atoms with Gasteiger partial charge in [-0.15, -0.1) is 0 Å². The molecule has 3 rings (SSSR count). The first-order chi connectivity index (χ1) is 8.85. The van der Waals surface area contributed by atoms with Crippen LogP contribution in [0.25, 0.3) is 0 Å². The smallest absolute Gasteiger partial charge is 0.150 e. The molecule has 0 bridgehead atoms. The first-order valence-electron chi connectivity index (χ1n) is 6.20. The third-order valence-electron chi connectivity index (χ3n) is 3.30. The monoisotopic (exact) mass is 238 g/mol. The molecule has 0 heterocycles. The molecule has 2 heteroatoms. The predicted octanol–water partition coefficient (Wildman–Crippen LogP) is 3.78. The van der Waals surface area contributed by atoms with Gasteiger partial charge in [0.1, 0.15) is 17.8 Å². The molecule has 0 aliphatic heterocycles. The zero-order chi connectivity index (χ0) is 12.4. The first kappa shape index (κ1) is 11.0. The Morgan fingerprint density at radius 2 is 1.78 bits per heavy atom. The minimum Gasteiger partial charge on any atom is -0.457 e. The lowest BCUT2D eigenvalue weighted by Gasteiger charge is -2.08. The molecule has 0 N–H and O–H groups in total. The van der Waals surface area contributed by atoms with Gasteiger partial charge >= 0.3 is 0 Å². The van der Waals surface area contributed by atoms with Crippen molar-refractivity contribution >= 4 is 6.29 Å². The lowest BCUT2D eigenvalue weighted by molar-refractivity contribution is 0.112. The van der Waals surface area contributed by atoms with Crippen molar-refractivity contribution < 1.29 is 9.53 Å². The van der Waals surface area contributed by atoms with Gasteiger partial charge in [0.05, 0.1) is 0 Å². The van der Waals surface area contributed by atoms with E-state index in [2.05, 4.69) is 12.1 Å². The zero-order valence-corrected chi connectivity index (χ0v) is 10.1. The van der Waals surface area contributed by atoms with Crippen LogP contribution in [0.2, 0.25) is 0 Å². The number of rotatable bonds is 3. The Bertz CT molecular complexity index is 587. The molecule has 0 amide bonds. The highest BCUT2D eigenvalue weighted by Gasteiger charge is 2.11. The van der Waals surface area contributed by atoms with E-state index < -0.39 is 0 Å². The van der Waals surface area contributed by atoms with Crippen molar-refractivity contribution in [1.29, 1.82) is 0 Å². The van der Waals surface area contributed by atoms with Gasteiger partial charge in [0.25, 0.3) is 0 Å². The Morgan fingerprint density at radius 1 is 0.944 bits per heavy atom. The minimum absolute atomic E-state index is 0.633. The summed E-state index contributed by atoms with van der Waals surface area (Å²) < 4.78 is 5.79. The summed E-state index contributed by atoms with van der Waals surface area (Å²) in [6, 6.07) is 13.4. The van der Waals surface area contributed by atoms with Gasteiger partial charge in [0.15, 0.2) is 0 Å². The van der Waals surface area contributed by atoms with Gasteiger partial charge in [-0.05, 0) is 54.7 Å². The van der Waals surface area contributed by atoms with Crippen LogP contribution in [-0.4, -0.2) is 6.29 Å². The van der Waals surface area contributed by atoms with Crippen molar-refractivity contribution in [3.63, 3.8) is 0 Å². The fourth-order valence-electron chi connectivity index (χ4n) is 2.40. The van der Waals surface area contributed by atoms with Crippen LogP contribution in [-0.2, 0) is 12.8 Å². The highest BCUT2D eigenvalue weighted by molar-refractivity contribution is 5.75. The lowest BCUT2D eigenvalue weighted by atomic mass is 10.1.